The third-order valence-electron chi connectivity index (χ3n) is 5.60. The van der Waals surface area contributed by atoms with Crippen molar-refractivity contribution in [1.82, 2.24) is 19.9 Å². The summed E-state index contributed by atoms with van der Waals surface area (Å²) in [5.74, 6) is 0.821. The van der Waals surface area contributed by atoms with Gasteiger partial charge in [0.15, 0.2) is 5.82 Å². The fourth-order valence-electron chi connectivity index (χ4n) is 4.01. The number of carbonyl (C=O) groups excluding carboxylic acids is 1. The van der Waals surface area contributed by atoms with Crippen molar-refractivity contribution in [3.05, 3.63) is 65.9 Å². The molecule has 4 heterocycles. The van der Waals surface area contributed by atoms with Gasteiger partial charge in [0.1, 0.15) is 17.7 Å². The average Bonchev–Trinajstić information content (AvgIpc) is 3.34. The number of amides is 1. The van der Waals surface area contributed by atoms with E-state index in [1.807, 2.05) is 17.0 Å². The SMILES string of the molecule is O=C([C@H]1CCCO1)N1CCc2nc(-c3ccncc3)nc(Nc3cccc(F)c3)c2C1. The molecule has 2 aromatic heterocycles. The fraction of sp³-hybridized carbons (Fsp3) is 0.304. The normalized spacial score (nSPS) is 18.0. The fourth-order valence-corrected chi connectivity index (χ4v) is 4.01. The van der Waals surface area contributed by atoms with E-state index in [4.69, 9.17) is 14.7 Å². The molecule has 0 unspecified atom stereocenters. The summed E-state index contributed by atoms with van der Waals surface area (Å²) in [6.07, 6.45) is 5.31. The Morgan fingerprint density at radius 3 is 2.84 bits per heavy atom. The summed E-state index contributed by atoms with van der Waals surface area (Å²) in [6.45, 7) is 1.60. The molecule has 8 heteroatoms. The van der Waals surface area contributed by atoms with Crippen LogP contribution in [0.15, 0.2) is 48.8 Å². The Morgan fingerprint density at radius 1 is 1.19 bits per heavy atom. The Bertz CT molecular complexity index is 1100. The van der Waals surface area contributed by atoms with Crippen molar-refractivity contribution >= 4 is 17.4 Å². The number of rotatable bonds is 4. The van der Waals surface area contributed by atoms with Gasteiger partial charge in [-0.25, -0.2) is 14.4 Å². The summed E-state index contributed by atoms with van der Waals surface area (Å²) in [6, 6.07) is 9.93. The van der Waals surface area contributed by atoms with E-state index in [0.29, 0.717) is 43.4 Å². The minimum absolute atomic E-state index is 0.0121. The van der Waals surface area contributed by atoms with Crippen LogP contribution in [-0.4, -0.2) is 45.0 Å². The molecular formula is C23H22FN5O2. The zero-order valence-electron chi connectivity index (χ0n) is 16.9. The monoisotopic (exact) mass is 419 g/mol. The number of nitrogens with zero attached hydrogens (tertiary/aromatic N) is 4. The Labute approximate surface area is 179 Å². The van der Waals surface area contributed by atoms with Crippen LogP contribution in [0.3, 0.4) is 0 Å². The molecule has 0 saturated carbocycles. The first-order chi connectivity index (χ1) is 15.2. The summed E-state index contributed by atoms with van der Waals surface area (Å²) in [5.41, 5.74) is 3.17. The van der Waals surface area contributed by atoms with E-state index >= 15 is 0 Å². The molecule has 0 radical (unpaired) electrons. The van der Waals surface area contributed by atoms with E-state index in [-0.39, 0.29) is 17.8 Å². The van der Waals surface area contributed by atoms with E-state index < -0.39 is 0 Å². The number of anilines is 2. The molecule has 1 atom stereocenters. The van der Waals surface area contributed by atoms with Crippen molar-refractivity contribution in [3.8, 4) is 11.4 Å². The molecule has 1 fully saturated rings. The lowest BCUT2D eigenvalue weighted by Crippen LogP contribution is -2.42. The topological polar surface area (TPSA) is 80.2 Å². The van der Waals surface area contributed by atoms with Crippen molar-refractivity contribution in [3.63, 3.8) is 0 Å². The van der Waals surface area contributed by atoms with Crippen LogP contribution in [0.25, 0.3) is 11.4 Å². The number of pyridine rings is 1. The molecule has 3 aromatic rings. The van der Waals surface area contributed by atoms with Gasteiger partial charge in [-0.2, -0.15) is 0 Å². The molecule has 1 aromatic carbocycles. The molecule has 1 saturated heterocycles. The van der Waals surface area contributed by atoms with E-state index in [1.54, 1.807) is 24.5 Å². The van der Waals surface area contributed by atoms with Crippen LogP contribution in [0.2, 0.25) is 0 Å². The highest BCUT2D eigenvalue weighted by Crippen LogP contribution is 2.30. The molecule has 0 aliphatic carbocycles. The number of benzene rings is 1. The minimum atomic E-state index is -0.363. The number of nitrogens with one attached hydrogen (secondary N) is 1. The zero-order valence-corrected chi connectivity index (χ0v) is 16.9. The summed E-state index contributed by atoms with van der Waals surface area (Å²) >= 11 is 0. The van der Waals surface area contributed by atoms with Gasteiger partial charge < -0.3 is 15.0 Å². The van der Waals surface area contributed by atoms with Crippen molar-refractivity contribution in [2.24, 2.45) is 0 Å². The largest absolute Gasteiger partial charge is 0.368 e. The second-order valence-electron chi connectivity index (χ2n) is 7.70. The van der Waals surface area contributed by atoms with Gasteiger partial charge in [-0.15, -0.1) is 0 Å². The van der Waals surface area contributed by atoms with Gasteiger partial charge in [0, 0.05) is 48.8 Å². The van der Waals surface area contributed by atoms with Crippen LogP contribution in [-0.2, 0) is 22.5 Å². The Balaban J connectivity index is 1.51. The quantitative estimate of drug-likeness (QED) is 0.697. The molecule has 1 amide bonds. The Morgan fingerprint density at radius 2 is 2.06 bits per heavy atom. The zero-order chi connectivity index (χ0) is 21.2. The van der Waals surface area contributed by atoms with Gasteiger partial charge in [-0.05, 0) is 43.2 Å². The first-order valence-corrected chi connectivity index (χ1v) is 10.4. The molecule has 2 aliphatic rings. The highest BCUT2D eigenvalue weighted by Gasteiger charge is 2.32. The standard InChI is InChI=1S/C23H22FN5O2/c24-16-3-1-4-17(13-16)26-22-18-14-29(23(30)20-5-2-12-31-20)11-8-19(18)27-21(28-22)15-6-9-25-10-7-15/h1,3-4,6-7,9-10,13,20H,2,5,8,11-12,14H2,(H,26,27,28)/t20-/m1/s1. The first-order valence-electron chi connectivity index (χ1n) is 10.4. The van der Waals surface area contributed by atoms with Crippen LogP contribution >= 0.6 is 0 Å². The van der Waals surface area contributed by atoms with Gasteiger partial charge >= 0.3 is 0 Å². The maximum atomic E-state index is 13.7. The number of aromatic nitrogens is 3. The second-order valence-corrected chi connectivity index (χ2v) is 7.70. The third kappa shape index (κ3) is 4.11. The first kappa shape index (κ1) is 19.6. The number of ether oxygens (including phenoxy) is 1. The lowest BCUT2D eigenvalue weighted by molar-refractivity contribution is -0.141. The van der Waals surface area contributed by atoms with Crippen LogP contribution in [0, 0.1) is 5.82 Å². The van der Waals surface area contributed by atoms with Crippen molar-refractivity contribution < 1.29 is 13.9 Å². The van der Waals surface area contributed by atoms with Gasteiger partial charge in [-0.1, -0.05) is 6.07 Å². The molecule has 0 spiro atoms. The smallest absolute Gasteiger partial charge is 0.252 e. The Hall–Kier alpha value is -3.39. The summed E-state index contributed by atoms with van der Waals surface area (Å²) in [7, 11) is 0. The van der Waals surface area contributed by atoms with Crippen molar-refractivity contribution in [2.75, 3.05) is 18.5 Å². The van der Waals surface area contributed by atoms with Gasteiger partial charge in [0.2, 0.25) is 0 Å². The number of hydrogen-bond acceptors (Lipinski definition) is 6. The van der Waals surface area contributed by atoms with Gasteiger partial charge in [0.25, 0.3) is 5.91 Å². The number of halogens is 1. The molecule has 158 valence electrons. The number of carbonyl (C=O) groups is 1. The highest BCUT2D eigenvalue weighted by molar-refractivity contribution is 5.82. The number of fused-ring (bicyclic) bond motifs is 1. The maximum absolute atomic E-state index is 13.7. The molecule has 1 N–H and O–H groups in total. The summed E-state index contributed by atoms with van der Waals surface area (Å²) in [4.78, 5) is 28.3. The molecule has 2 aliphatic heterocycles. The Kier molecular flexibility index (Phi) is 5.30. The summed E-state index contributed by atoms with van der Waals surface area (Å²) < 4.78 is 19.3. The van der Waals surface area contributed by atoms with E-state index in [2.05, 4.69) is 10.3 Å². The lowest BCUT2D eigenvalue weighted by atomic mass is 10.0. The minimum Gasteiger partial charge on any atom is -0.368 e. The van der Waals surface area contributed by atoms with Crippen molar-refractivity contribution in [2.45, 2.75) is 31.9 Å². The molecule has 7 nitrogen and oxygen atoms in total. The lowest BCUT2D eigenvalue weighted by Gasteiger charge is -2.31. The highest BCUT2D eigenvalue weighted by atomic mass is 19.1. The predicted molar refractivity (Wildman–Crippen MR) is 113 cm³/mol. The van der Waals surface area contributed by atoms with Crippen LogP contribution in [0.1, 0.15) is 24.1 Å². The van der Waals surface area contributed by atoms with E-state index in [9.17, 15) is 9.18 Å². The maximum Gasteiger partial charge on any atom is 0.252 e. The predicted octanol–water partition coefficient (Wildman–Crippen LogP) is 3.49. The van der Waals surface area contributed by atoms with Crippen LogP contribution in [0.5, 0.6) is 0 Å². The number of hydrogen-bond donors (Lipinski definition) is 1. The third-order valence-corrected chi connectivity index (χ3v) is 5.60. The van der Waals surface area contributed by atoms with Gasteiger partial charge in [0.05, 0.1) is 12.2 Å². The molecular weight excluding hydrogens is 397 g/mol. The van der Waals surface area contributed by atoms with Gasteiger partial charge in [-0.3, -0.25) is 9.78 Å². The van der Waals surface area contributed by atoms with Crippen LogP contribution in [0.4, 0.5) is 15.9 Å². The molecule has 5 rings (SSSR count). The average molecular weight is 419 g/mol. The van der Waals surface area contributed by atoms with E-state index in [0.717, 1.165) is 29.7 Å². The second kappa shape index (κ2) is 8.39. The molecule has 0 bridgehead atoms. The summed E-state index contributed by atoms with van der Waals surface area (Å²) in [5, 5.41) is 3.24. The van der Waals surface area contributed by atoms with Crippen LogP contribution < -0.4 is 5.32 Å². The molecule has 31 heavy (non-hydrogen) atoms. The van der Waals surface area contributed by atoms with E-state index in [1.165, 1.54) is 12.1 Å². The van der Waals surface area contributed by atoms with Crippen molar-refractivity contribution in [1.29, 1.82) is 0 Å².